The summed E-state index contributed by atoms with van der Waals surface area (Å²) in [5.41, 5.74) is 3.40. The van der Waals surface area contributed by atoms with Crippen molar-refractivity contribution in [2.75, 3.05) is 5.43 Å². The Labute approximate surface area is 116 Å². The van der Waals surface area contributed by atoms with Crippen molar-refractivity contribution in [2.45, 2.75) is 0 Å². The molecular formula is C12H9BrN2O2S. The average Bonchev–Trinajstić information content (AvgIpc) is 2.75. The number of para-hydroxylation sites is 1. The van der Waals surface area contributed by atoms with Gasteiger partial charge in [0, 0.05) is 14.7 Å². The summed E-state index contributed by atoms with van der Waals surface area (Å²) in [5, 5.41) is 15.0. The summed E-state index contributed by atoms with van der Waals surface area (Å²) < 4.78 is 1.000. The Morgan fingerprint density at radius 2 is 2.22 bits per heavy atom. The first-order valence-corrected chi connectivity index (χ1v) is 6.69. The number of halogens is 1. The molecule has 0 atom stereocenters. The van der Waals surface area contributed by atoms with Crippen LogP contribution in [0.2, 0.25) is 0 Å². The number of rotatable bonds is 4. The molecule has 0 saturated heterocycles. The molecule has 0 spiro atoms. The van der Waals surface area contributed by atoms with E-state index in [0.29, 0.717) is 5.69 Å². The molecule has 6 heteroatoms. The third-order valence-electron chi connectivity index (χ3n) is 2.12. The van der Waals surface area contributed by atoms with Gasteiger partial charge in [0.05, 0.1) is 17.5 Å². The summed E-state index contributed by atoms with van der Waals surface area (Å²) >= 11 is 4.89. The number of carboxylic acids is 1. The highest BCUT2D eigenvalue weighted by Crippen LogP contribution is 2.18. The topological polar surface area (TPSA) is 61.7 Å². The minimum Gasteiger partial charge on any atom is -0.478 e. The summed E-state index contributed by atoms with van der Waals surface area (Å²) in [4.78, 5) is 11.9. The SMILES string of the molecule is O=C(O)c1ccccc1N/N=C/c1cc(Br)cs1. The van der Waals surface area contributed by atoms with Crippen LogP contribution in [-0.2, 0) is 0 Å². The van der Waals surface area contributed by atoms with Crippen LogP contribution in [0.25, 0.3) is 0 Å². The fourth-order valence-corrected chi connectivity index (χ4v) is 2.63. The third-order valence-corrected chi connectivity index (χ3v) is 3.75. The summed E-state index contributed by atoms with van der Waals surface area (Å²) in [6, 6.07) is 8.56. The van der Waals surface area contributed by atoms with Gasteiger partial charge >= 0.3 is 5.97 Å². The maximum atomic E-state index is 11.0. The number of hydrazone groups is 1. The fourth-order valence-electron chi connectivity index (χ4n) is 1.33. The van der Waals surface area contributed by atoms with E-state index in [1.807, 2.05) is 11.4 Å². The number of benzene rings is 1. The van der Waals surface area contributed by atoms with E-state index >= 15 is 0 Å². The molecule has 1 aromatic carbocycles. The van der Waals surface area contributed by atoms with Gasteiger partial charge in [-0.25, -0.2) is 4.79 Å². The molecule has 0 aliphatic rings. The number of aromatic carboxylic acids is 1. The number of carbonyl (C=O) groups is 1. The zero-order valence-corrected chi connectivity index (χ0v) is 11.5. The molecule has 2 aromatic rings. The van der Waals surface area contributed by atoms with Crippen LogP contribution in [0.3, 0.4) is 0 Å². The minimum atomic E-state index is -0.979. The maximum Gasteiger partial charge on any atom is 0.337 e. The van der Waals surface area contributed by atoms with Gasteiger partial charge in [-0.1, -0.05) is 12.1 Å². The van der Waals surface area contributed by atoms with E-state index in [4.69, 9.17) is 5.11 Å². The molecule has 0 aliphatic carbocycles. The van der Waals surface area contributed by atoms with Gasteiger partial charge < -0.3 is 5.11 Å². The van der Waals surface area contributed by atoms with Gasteiger partial charge in [0.2, 0.25) is 0 Å². The van der Waals surface area contributed by atoms with E-state index in [1.54, 1.807) is 35.8 Å². The van der Waals surface area contributed by atoms with Gasteiger partial charge in [0.1, 0.15) is 0 Å². The summed E-state index contributed by atoms with van der Waals surface area (Å²) in [6.07, 6.45) is 1.65. The van der Waals surface area contributed by atoms with E-state index < -0.39 is 5.97 Å². The van der Waals surface area contributed by atoms with Gasteiger partial charge in [0.25, 0.3) is 0 Å². The maximum absolute atomic E-state index is 11.0. The second-order valence-electron chi connectivity index (χ2n) is 3.39. The molecule has 0 saturated carbocycles. The van der Waals surface area contributed by atoms with Gasteiger partial charge in [-0.15, -0.1) is 11.3 Å². The molecule has 0 radical (unpaired) electrons. The molecule has 0 amide bonds. The molecule has 92 valence electrons. The minimum absolute atomic E-state index is 0.196. The second-order valence-corrected chi connectivity index (χ2v) is 5.25. The Morgan fingerprint density at radius 3 is 2.89 bits per heavy atom. The van der Waals surface area contributed by atoms with Crippen LogP contribution in [-0.4, -0.2) is 17.3 Å². The van der Waals surface area contributed by atoms with Crippen LogP contribution in [0, 0.1) is 0 Å². The molecule has 0 fully saturated rings. The van der Waals surface area contributed by atoms with Gasteiger partial charge in [0.15, 0.2) is 0 Å². The summed E-state index contributed by atoms with van der Waals surface area (Å²) in [5.74, 6) is -0.979. The van der Waals surface area contributed by atoms with Crippen LogP contribution in [0.5, 0.6) is 0 Å². The summed E-state index contributed by atoms with van der Waals surface area (Å²) in [6.45, 7) is 0. The predicted octanol–water partition coefficient (Wildman–Crippen LogP) is 3.65. The smallest absolute Gasteiger partial charge is 0.337 e. The number of nitrogens with zero attached hydrogens (tertiary/aromatic N) is 1. The lowest BCUT2D eigenvalue weighted by atomic mass is 10.2. The van der Waals surface area contributed by atoms with Crippen LogP contribution in [0.15, 0.2) is 45.3 Å². The van der Waals surface area contributed by atoms with Crippen LogP contribution in [0.1, 0.15) is 15.2 Å². The highest BCUT2D eigenvalue weighted by Gasteiger charge is 2.07. The zero-order chi connectivity index (χ0) is 13.0. The molecule has 1 aromatic heterocycles. The Balaban J connectivity index is 2.11. The third kappa shape index (κ3) is 3.18. The van der Waals surface area contributed by atoms with Crippen molar-refractivity contribution in [3.05, 3.63) is 50.6 Å². The first-order chi connectivity index (χ1) is 8.66. The lowest BCUT2D eigenvalue weighted by molar-refractivity contribution is 0.0698. The Kier molecular flexibility index (Phi) is 4.11. The molecule has 0 bridgehead atoms. The van der Waals surface area contributed by atoms with Gasteiger partial charge in [-0.2, -0.15) is 5.10 Å². The molecule has 0 unspecified atom stereocenters. The highest BCUT2D eigenvalue weighted by molar-refractivity contribution is 9.10. The number of hydrogen-bond acceptors (Lipinski definition) is 4. The van der Waals surface area contributed by atoms with Crippen molar-refractivity contribution < 1.29 is 9.90 Å². The Bertz CT molecular complexity index is 595. The van der Waals surface area contributed by atoms with Crippen molar-refractivity contribution in [2.24, 2.45) is 5.10 Å². The molecule has 0 aliphatic heterocycles. The lowest BCUT2D eigenvalue weighted by Gasteiger charge is -2.03. The van der Waals surface area contributed by atoms with Crippen molar-refractivity contribution in [3.63, 3.8) is 0 Å². The lowest BCUT2D eigenvalue weighted by Crippen LogP contribution is -2.01. The molecule has 2 rings (SSSR count). The number of carboxylic acid groups (broad SMARTS) is 1. The van der Waals surface area contributed by atoms with Crippen LogP contribution < -0.4 is 5.43 Å². The molecule has 18 heavy (non-hydrogen) atoms. The fraction of sp³-hybridized carbons (Fsp3) is 0. The molecule has 4 nitrogen and oxygen atoms in total. The van der Waals surface area contributed by atoms with E-state index in [1.165, 1.54) is 6.07 Å². The van der Waals surface area contributed by atoms with Crippen molar-refractivity contribution in [1.29, 1.82) is 0 Å². The molecule has 1 heterocycles. The Morgan fingerprint density at radius 1 is 1.44 bits per heavy atom. The quantitative estimate of drug-likeness (QED) is 0.666. The monoisotopic (exact) mass is 324 g/mol. The first-order valence-electron chi connectivity index (χ1n) is 5.02. The first kappa shape index (κ1) is 12.8. The predicted molar refractivity (Wildman–Crippen MR) is 76.6 cm³/mol. The van der Waals surface area contributed by atoms with Gasteiger partial charge in [-0.05, 0) is 34.1 Å². The second kappa shape index (κ2) is 5.79. The van der Waals surface area contributed by atoms with Crippen LogP contribution in [0.4, 0.5) is 5.69 Å². The van der Waals surface area contributed by atoms with Crippen molar-refractivity contribution in [1.82, 2.24) is 0 Å². The average molecular weight is 325 g/mol. The number of thiophene rings is 1. The molecule has 2 N–H and O–H groups in total. The number of anilines is 1. The van der Waals surface area contributed by atoms with Gasteiger partial charge in [-0.3, -0.25) is 5.43 Å². The van der Waals surface area contributed by atoms with Crippen molar-refractivity contribution in [3.8, 4) is 0 Å². The summed E-state index contributed by atoms with van der Waals surface area (Å²) in [7, 11) is 0. The van der Waals surface area contributed by atoms with E-state index in [9.17, 15) is 4.79 Å². The van der Waals surface area contributed by atoms with E-state index in [-0.39, 0.29) is 5.56 Å². The van der Waals surface area contributed by atoms with E-state index in [0.717, 1.165) is 9.35 Å². The van der Waals surface area contributed by atoms with Crippen LogP contribution >= 0.6 is 27.3 Å². The zero-order valence-electron chi connectivity index (χ0n) is 9.13. The number of nitrogens with one attached hydrogen (secondary N) is 1. The normalized spacial score (nSPS) is 10.7. The standard InChI is InChI=1S/C12H9BrN2O2S/c13-8-5-9(18-7-8)6-14-15-11-4-2-1-3-10(11)12(16)17/h1-7,15H,(H,16,17)/b14-6+. The Hall–Kier alpha value is -1.66. The van der Waals surface area contributed by atoms with Crippen molar-refractivity contribution >= 4 is 45.1 Å². The van der Waals surface area contributed by atoms with E-state index in [2.05, 4.69) is 26.5 Å². The molecular weight excluding hydrogens is 316 g/mol. The number of hydrogen-bond donors (Lipinski definition) is 2. The highest BCUT2D eigenvalue weighted by atomic mass is 79.9. The largest absolute Gasteiger partial charge is 0.478 e.